The molecule has 4 N–H and O–H groups in total. The normalized spacial score (nSPS) is 17.8. The predicted molar refractivity (Wildman–Crippen MR) is 81.7 cm³/mol. The van der Waals surface area contributed by atoms with Gasteiger partial charge in [0.15, 0.2) is 5.82 Å². The number of pyridine rings is 1. The number of anilines is 1. The number of hydrogen-bond donors (Lipinski definition) is 3. The maximum Gasteiger partial charge on any atom is 0.152 e. The van der Waals surface area contributed by atoms with Crippen LogP contribution in [0.25, 0.3) is 21.9 Å². The van der Waals surface area contributed by atoms with Gasteiger partial charge in [-0.2, -0.15) is 0 Å². The Morgan fingerprint density at radius 3 is 2.81 bits per heavy atom. The molecule has 0 aliphatic carbocycles. The van der Waals surface area contributed by atoms with Gasteiger partial charge in [-0.25, -0.2) is 9.97 Å². The van der Waals surface area contributed by atoms with E-state index < -0.39 is 32.5 Å². The van der Waals surface area contributed by atoms with Gasteiger partial charge in [0.1, 0.15) is 17.9 Å². The van der Waals surface area contributed by atoms with Crippen LogP contribution in [0.3, 0.4) is 0 Å². The standard InChI is InChI=1S/C15H18N4O2/c1-15(2,21)8-19-11(7-20)18-12-13(19)9-5-3-4-6-10(9)17-14(12)16/h3-6,20-21H,7-8H2,1-2H3,(H2,16,17)/i1D3,2D3. The lowest BCUT2D eigenvalue weighted by molar-refractivity contribution is 0.0607. The minimum absolute atomic E-state index is 0.0261. The summed E-state index contributed by atoms with van der Waals surface area (Å²) in [6.07, 6.45) is 0. The molecule has 3 rings (SSSR count). The average Bonchev–Trinajstić information content (AvgIpc) is 2.92. The maximum atomic E-state index is 10.7. The number of nitrogen functional groups attached to an aromatic ring is 1. The molecular formula is C15H18N4O2. The molecule has 2 aromatic heterocycles. The summed E-state index contributed by atoms with van der Waals surface area (Å²) in [5.74, 6) is 0.0187. The van der Waals surface area contributed by atoms with Crippen LogP contribution in [0, 0.1) is 0 Å². The monoisotopic (exact) mass is 292 g/mol. The summed E-state index contributed by atoms with van der Waals surface area (Å²) < 4.78 is 46.6. The fourth-order valence-corrected chi connectivity index (χ4v) is 2.42. The van der Waals surface area contributed by atoms with Gasteiger partial charge in [-0.1, -0.05) is 18.2 Å². The van der Waals surface area contributed by atoms with Crippen LogP contribution < -0.4 is 5.73 Å². The molecule has 0 saturated carbocycles. The van der Waals surface area contributed by atoms with Gasteiger partial charge >= 0.3 is 0 Å². The van der Waals surface area contributed by atoms with Gasteiger partial charge in [0.05, 0.1) is 23.2 Å². The Hall–Kier alpha value is -2.18. The van der Waals surface area contributed by atoms with Crippen molar-refractivity contribution < 1.29 is 18.4 Å². The molecule has 0 amide bonds. The van der Waals surface area contributed by atoms with E-state index in [4.69, 9.17) is 14.0 Å². The van der Waals surface area contributed by atoms with Crippen LogP contribution in [-0.4, -0.2) is 30.3 Å². The predicted octanol–water partition coefficient (Wildman–Crippen LogP) is 1.43. The van der Waals surface area contributed by atoms with Crippen molar-refractivity contribution in [3.8, 4) is 0 Å². The Morgan fingerprint density at radius 2 is 2.10 bits per heavy atom. The smallest absolute Gasteiger partial charge is 0.152 e. The average molecular weight is 292 g/mol. The Kier molecular flexibility index (Phi) is 1.85. The van der Waals surface area contributed by atoms with E-state index in [0.717, 1.165) is 0 Å². The van der Waals surface area contributed by atoms with Gasteiger partial charge in [0.2, 0.25) is 0 Å². The number of aliphatic hydroxyl groups excluding tert-OH is 1. The van der Waals surface area contributed by atoms with Gasteiger partial charge in [-0.15, -0.1) is 0 Å². The van der Waals surface area contributed by atoms with Crippen molar-refractivity contribution in [1.82, 2.24) is 14.5 Å². The first-order valence-electron chi connectivity index (χ1n) is 9.27. The number of imidazole rings is 1. The molecule has 0 fully saturated rings. The largest absolute Gasteiger partial charge is 0.389 e. The molecule has 0 saturated heterocycles. The zero-order valence-corrected chi connectivity index (χ0v) is 11.0. The van der Waals surface area contributed by atoms with Crippen molar-refractivity contribution in [1.29, 1.82) is 0 Å². The van der Waals surface area contributed by atoms with Crippen molar-refractivity contribution in [2.45, 2.75) is 32.5 Å². The lowest BCUT2D eigenvalue weighted by atomic mass is 10.1. The van der Waals surface area contributed by atoms with Crippen LogP contribution in [0.15, 0.2) is 24.3 Å². The lowest BCUT2D eigenvalue weighted by Gasteiger charge is -2.20. The number of rotatable bonds is 3. The fourth-order valence-electron chi connectivity index (χ4n) is 2.42. The molecule has 0 aliphatic heterocycles. The molecule has 6 nitrogen and oxygen atoms in total. The Bertz CT molecular complexity index is 997. The summed E-state index contributed by atoms with van der Waals surface area (Å²) >= 11 is 0. The van der Waals surface area contributed by atoms with Crippen LogP contribution >= 0.6 is 0 Å². The Morgan fingerprint density at radius 1 is 1.33 bits per heavy atom. The summed E-state index contributed by atoms with van der Waals surface area (Å²) in [5.41, 5.74) is 3.86. The zero-order chi connectivity index (χ0) is 20.2. The molecule has 0 radical (unpaired) electrons. The summed E-state index contributed by atoms with van der Waals surface area (Å²) in [4.78, 5) is 8.40. The van der Waals surface area contributed by atoms with Crippen LogP contribution in [0.4, 0.5) is 5.82 Å². The molecule has 3 aromatic rings. The number of nitrogens with two attached hydrogens (primary N) is 1. The van der Waals surface area contributed by atoms with Crippen molar-refractivity contribution >= 4 is 27.8 Å². The number of hydrogen-bond acceptors (Lipinski definition) is 5. The van der Waals surface area contributed by atoms with E-state index in [1.54, 1.807) is 24.3 Å². The third kappa shape index (κ3) is 2.32. The highest BCUT2D eigenvalue weighted by Gasteiger charge is 2.21. The van der Waals surface area contributed by atoms with Gasteiger partial charge < -0.3 is 20.5 Å². The van der Waals surface area contributed by atoms with Crippen molar-refractivity contribution in [2.24, 2.45) is 0 Å². The Balaban J connectivity index is 2.37. The Labute approximate surface area is 130 Å². The molecule has 6 heteroatoms. The fraction of sp³-hybridized carbons (Fsp3) is 0.333. The second kappa shape index (κ2) is 4.68. The summed E-state index contributed by atoms with van der Waals surface area (Å²) in [5, 5.41) is 20.9. The van der Waals surface area contributed by atoms with E-state index in [9.17, 15) is 10.2 Å². The van der Waals surface area contributed by atoms with Crippen LogP contribution in [0.5, 0.6) is 0 Å². The third-order valence-electron chi connectivity index (χ3n) is 3.22. The highest BCUT2D eigenvalue weighted by atomic mass is 16.3. The number of benzene rings is 1. The topological polar surface area (TPSA) is 97.2 Å². The van der Waals surface area contributed by atoms with E-state index in [0.29, 0.717) is 16.4 Å². The van der Waals surface area contributed by atoms with Crippen LogP contribution in [-0.2, 0) is 13.2 Å². The number of fused-ring (bicyclic) bond motifs is 3. The van der Waals surface area contributed by atoms with E-state index >= 15 is 0 Å². The molecular weight excluding hydrogens is 268 g/mol. The van der Waals surface area contributed by atoms with Gasteiger partial charge in [-0.05, 0) is 19.8 Å². The van der Waals surface area contributed by atoms with Gasteiger partial charge in [0.25, 0.3) is 0 Å². The summed E-state index contributed by atoms with van der Waals surface area (Å²) in [6.45, 7) is -7.87. The summed E-state index contributed by atoms with van der Waals surface area (Å²) in [6, 6.07) is 6.82. The number of aliphatic hydroxyl groups is 2. The quantitative estimate of drug-likeness (QED) is 0.678. The first-order chi connectivity index (χ1) is 12.4. The minimum atomic E-state index is -3.21. The zero-order valence-electron chi connectivity index (χ0n) is 17.0. The first kappa shape index (κ1) is 8.31. The second-order valence-corrected chi connectivity index (χ2v) is 4.84. The second-order valence-electron chi connectivity index (χ2n) is 4.84. The van der Waals surface area contributed by atoms with Crippen molar-refractivity contribution in [3.63, 3.8) is 0 Å². The van der Waals surface area contributed by atoms with Crippen molar-refractivity contribution in [2.75, 3.05) is 5.73 Å². The number of para-hydroxylation sites is 1. The lowest BCUT2D eigenvalue weighted by Crippen LogP contribution is -2.27. The van der Waals surface area contributed by atoms with E-state index in [2.05, 4.69) is 9.97 Å². The van der Waals surface area contributed by atoms with Gasteiger partial charge in [0, 0.05) is 13.6 Å². The molecule has 0 aliphatic rings. The molecule has 21 heavy (non-hydrogen) atoms. The number of nitrogens with zero attached hydrogens (tertiary/aromatic N) is 3. The highest BCUT2D eigenvalue weighted by molar-refractivity contribution is 6.06. The van der Waals surface area contributed by atoms with E-state index in [-0.39, 0.29) is 17.2 Å². The minimum Gasteiger partial charge on any atom is -0.389 e. The molecule has 0 atom stereocenters. The van der Waals surface area contributed by atoms with Crippen molar-refractivity contribution in [3.05, 3.63) is 30.1 Å². The van der Waals surface area contributed by atoms with Crippen LogP contribution in [0.2, 0.25) is 0 Å². The molecule has 0 unspecified atom stereocenters. The van der Waals surface area contributed by atoms with Crippen LogP contribution in [0.1, 0.15) is 27.8 Å². The molecule has 2 heterocycles. The summed E-state index contributed by atoms with van der Waals surface area (Å²) in [7, 11) is 0. The molecule has 110 valence electrons. The van der Waals surface area contributed by atoms with E-state index in [1.807, 2.05) is 0 Å². The van der Waals surface area contributed by atoms with E-state index in [1.165, 1.54) is 4.57 Å². The number of aromatic nitrogens is 3. The molecule has 0 bridgehead atoms. The van der Waals surface area contributed by atoms with Gasteiger partial charge in [-0.3, -0.25) is 0 Å². The highest BCUT2D eigenvalue weighted by Crippen LogP contribution is 2.29. The third-order valence-corrected chi connectivity index (χ3v) is 3.22. The molecule has 1 aromatic carbocycles. The first-order valence-corrected chi connectivity index (χ1v) is 6.27. The maximum absolute atomic E-state index is 10.7. The SMILES string of the molecule is [2H]C([2H])([2H])C(O)(Cn1c(CO)nc2c(N)nc3ccccc3c21)C([2H])([2H])[2H]. The molecule has 0 spiro atoms.